The highest BCUT2D eigenvalue weighted by molar-refractivity contribution is 6.03. The molecule has 0 radical (unpaired) electrons. The maximum absolute atomic E-state index is 14.0. The van der Waals surface area contributed by atoms with Crippen molar-refractivity contribution in [2.75, 3.05) is 63.8 Å². The molecule has 15 heteroatoms. The number of halogens is 7. The number of likely N-dealkylation sites (N-methyl/N-ethyl adjacent to an activating group) is 1. The number of aryl methyl sites for hydroxylation is 1. The Hall–Kier alpha value is -3.79. The Kier molecular flexibility index (Phi) is 15.2. The van der Waals surface area contributed by atoms with E-state index in [0.29, 0.717) is 54.4 Å². The van der Waals surface area contributed by atoms with Gasteiger partial charge in [0.1, 0.15) is 11.6 Å². The lowest BCUT2D eigenvalue weighted by Gasteiger charge is -2.32. The first-order valence-electron chi connectivity index (χ1n) is 15.7. The molecule has 2 heterocycles. The summed E-state index contributed by atoms with van der Waals surface area (Å²) >= 11 is 0. The molecule has 1 amide bonds. The number of aliphatic hydroxyl groups is 2. The number of amides is 1. The van der Waals surface area contributed by atoms with Crippen LogP contribution in [-0.2, 0) is 27.3 Å². The first kappa shape index (κ1) is 42.4. The van der Waals surface area contributed by atoms with Gasteiger partial charge in [-0.25, -0.2) is 9.37 Å². The van der Waals surface area contributed by atoms with Crippen LogP contribution in [0.3, 0.4) is 0 Å². The Labute approximate surface area is 287 Å². The van der Waals surface area contributed by atoms with Crippen molar-refractivity contribution in [3.63, 3.8) is 0 Å². The quantitative estimate of drug-likeness (QED) is 0.218. The van der Waals surface area contributed by atoms with E-state index in [1.54, 1.807) is 26.8 Å². The van der Waals surface area contributed by atoms with Crippen molar-refractivity contribution in [3.8, 4) is 11.1 Å². The number of pyridine rings is 1. The molecule has 50 heavy (non-hydrogen) atoms. The Bertz CT molecular complexity index is 1520. The van der Waals surface area contributed by atoms with Gasteiger partial charge in [0.15, 0.2) is 0 Å². The summed E-state index contributed by atoms with van der Waals surface area (Å²) in [4.78, 5) is 21.7. The van der Waals surface area contributed by atoms with Crippen LogP contribution in [0.2, 0.25) is 0 Å². The van der Waals surface area contributed by atoms with Crippen LogP contribution in [0.4, 0.5) is 42.2 Å². The molecule has 0 aliphatic carbocycles. The molecule has 1 aromatic heterocycles. The summed E-state index contributed by atoms with van der Waals surface area (Å²) in [5.41, 5.74) is -3.48. The second kappa shape index (κ2) is 17.9. The molecule has 1 aliphatic heterocycles. The van der Waals surface area contributed by atoms with Crippen molar-refractivity contribution in [1.29, 1.82) is 0 Å². The number of carbonyl (C=O) groups excluding carboxylic acids is 1. The van der Waals surface area contributed by atoms with Gasteiger partial charge in [-0.1, -0.05) is 6.07 Å². The number of carbonyl (C=O) groups is 1. The van der Waals surface area contributed by atoms with E-state index in [-0.39, 0.29) is 17.9 Å². The molecule has 278 valence electrons. The number of anilines is 2. The second-order valence-electron chi connectivity index (χ2n) is 12.3. The molecule has 3 N–H and O–H groups in total. The van der Waals surface area contributed by atoms with E-state index < -0.39 is 46.2 Å². The molecule has 8 nitrogen and oxygen atoms in total. The number of aromatic nitrogens is 1. The van der Waals surface area contributed by atoms with E-state index in [1.807, 2.05) is 0 Å². The van der Waals surface area contributed by atoms with Gasteiger partial charge in [0.2, 0.25) is 5.91 Å². The zero-order chi connectivity index (χ0) is 38.0. The average Bonchev–Trinajstić information content (AvgIpc) is 3.04. The predicted octanol–water partition coefficient (Wildman–Crippen LogP) is 6.91. The van der Waals surface area contributed by atoms with Gasteiger partial charge in [-0.2, -0.15) is 26.3 Å². The lowest BCUT2D eigenvalue weighted by Crippen LogP contribution is -2.42. The Morgan fingerprint density at radius 1 is 0.940 bits per heavy atom. The highest BCUT2D eigenvalue weighted by Gasteiger charge is 2.41. The standard InChI is InChI=1S/C31H33F7N4O2.C3H8O.CH4O/c1-19-13-23(32)5-6-24(19)25-17-27(39-7-8-42-9-11-44-12-10-42)40-18-26(25)41(4)28(43)29(2,3)20-14-21(30(33,34)35)16-22(15-20)31(36,37)38;1-3(2)4;1-2/h5-6,13-18H,7-12H2,1-4H3,(H,39,40);3-4H,1-2H3;2H,1H3. The van der Waals surface area contributed by atoms with Crippen molar-refractivity contribution in [1.82, 2.24) is 9.88 Å². The predicted molar refractivity (Wildman–Crippen MR) is 178 cm³/mol. The number of benzene rings is 2. The highest BCUT2D eigenvalue weighted by atomic mass is 19.4. The number of hydrogen-bond acceptors (Lipinski definition) is 7. The van der Waals surface area contributed by atoms with Gasteiger partial charge in [-0.15, -0.1) is 0 Å². The largest absolute Gasteiger partial charge is 0.416 e. The first-order valence-corrected chi connectivity index (χ1v) is 15.7. The molecule has 0 saturated carbocycles. The molecule has 1 saturated heterocycles. The maximum atomic E-state index is 14.0. The molecule has 0 spiro atoms. The van der Waals surface area contributed by atoms with E-state index in [4.69, 9.17) is 14.9 Å². The monoisotopic (exact) mass is 718 g/mol. The number of aliphatic hydroxyl groups excluding tert-OH is 2. The third-order valence-corrected chi connectivity index (χ3v) is 7.71. The van der Waals surface area contributed by atoms with Gasteiger partial charge < -0.3 is 25.2 Å². The molecule has 0 atom stereocenters. The van der Waals surface area contributed by atoms with Crippen LogP contribution in [0, 0.1) is 12.7 Å². The number of morpholine rings is 1. The first-order chi connectivity index (χ1) is 23.2. The summed E-state index contributed by atoms with van der Waals surface area (Å²) in [6.45, 7) is 11.8. The lowest BCUT2D eigenvalue weighted by atomic mass is 9.81. The number of hydrogen-bond donors (Lipinski definition) is 3. The molecule has 3 aromatic rings. The third-order valence-electron chi connectivity index (χ3n) is 7.71. The summed E-state index contributed by atoms with van der Waals surface area (Å²) in [6, 6.07) is 6.93. The Morgan fingerprint density at radius 2 is 1.46 bits per heavy atom. The topological polar surface area (TPSA) is 98.2 Å². The minimum absolute atomic E-state index is 0.0257. The van der Waals surface area contributed by atoms with Gasteiger partial charge >= 0.3 is 12.4 Å². The maximum Gasteiger partial charge on any atom is 0.416 e. The zero-order valence-electron chi connectivity index (χ0n) is 29.1. The van der Waals surface area contributed by atoms with Gasteiger partial charge in [0.05, 0.1) is 41.6 Å². The molecule has 0 unspecified atom stereocenters. The van der Waals surface area contributed by atoms with Crippen molar-refractivity contribution in [3.05, 3.63) is 76.7 Å². The van der Waals surface area contributed by atoms with Crippen LogP contribution in [0.15, 0.2) is 48.7 Å². The smallest absolute Gasteiger partial charge is 0.400 e. The normalized spacial score (nSPS) is 13.9. The fourth-order valence-electron chi connectivity index (χ4n) is 5.09. The number of alkyl halides is 6. The Morgan fingerprint density at radius 3 is 1.96 bits per heavy atom. The van der Waals surface area contributed by atoms with Crippen LogP contribution < -0.4 is 10.2 Å². The second-order valence-corrected chi connectivity index (χ2v) is 12.3. The number of nitrogens with zero attached hydrogens (tertiary/aromatic N) is 3. The van der Waals surface area contributed by atoms with Crippen LogP contribution in [0.5, 0.6) is 0 Å². The third kappa shape index (κ3) is 11.6. The zero-order valence-corrected chi connectivity index (χ0v) is 29.1. The minimum Gasteiger partial charge on any atom is -0.400 e. The van der Waals surface area contributed by atoms with Gasteiger partial charge in [0, 0.05) is 52.0 Å². The van der Waals surface area contributed by atoms with E-state index in [9.17, 15) is 35.5 Å². The fourth-order valence-corrected chi connectivity index (χ4v) is 5.09. The molecular formula is C35H45F7N4O4. The summed E-state index contributed by atoms with van der Waals surface area (Å²) in [7, 11) is 2.37. The van der Waals surface area contributed by atoms with Gasteiger partial charge in [0.25, 0.3) is 0 Å². The van der Waals surface area contributed by atoms with Crippen molar-refractivity contribution < 1.29 is 50.5 Å². The lowest BCUT2D eigenvalue weighted by molar-refractivity contribution is -0.143. The van der Waals surface area contributed by atoms with Gasteiger partial charge in [-0.3, -0.25) is 9.69 Å². The Balaban J connectivity index is 0.00000135. The van der Waals surface area contributed by atoms with E-state index in [1.165, 1.54) is 45.3 Å². The molecule has 1 fully saturated rings. The molecule has 0 bridgehead atoms. The summed E-state index contributed by atoms with van der Waals surface area (Å²) in [5.74, 6) is -0.782. The fraction of sp³-hybridized carbons (Fsp3) is 0.486. The van der Waals surface area contributed by atoms with Crippen molar-refractivity contribution in [2.45, 2.75) is 58.5 Å². The molecule has 1 aliphatic rings. The summed E-state index contributed by atoms with van der Waals surface area (Å²) in [5, 5.41) is 18.3. The van der Waals surface area contributed by atoms with Crippen molar-refractivity contribution >= 4 is 17.4 Å². The van der Waals surface area contributed by atoms with Crippen LogP contribution in [-0.4, -0.2) is 85.7 Å². The average molecular weight is 719 g/mol. The number of nitrogens with one attached hydrogen (secondary N) is 1. The molecular weight excluding hydrogens is 673 g/mol. The number of ether oxygens (including phenoxy) is 1. The molecule has 4 rings (SSSR count). The van der Waals surface area contributed by atoms with Crippen LogP contribution >= 0.6 is 0 Å². The summed E-state index contributed by atoms with van der Waals surface area (Å²) in [6.07, 6.45) is -8.90. The van der Waals surface area contributed by atoms with Crippen molar-refractivity contribution in [2.24, 2.45) is 0 Å². The van der Waals surface area contributed by atoms with Crippen LogP contribution in [0.1, 0.15) is 49.9 Å². The van der Waals surface area contributed by atoms with Gasteiger partial charge in [-0.05, 0) is 87.7 Å². The minimum atomic E-state index is -5.07. The molecule has 2 aromatic carbocycles. The highest BCUT2D eigenvalue weighted by Crippen LogP contribution is 2.41. The number of rotatable bonds is 8. The van der Waals surface area contributed by atoms with Crippen LogP contribution in [0.25, 0.3) is 11.1 Å². The van der Waals surface area contributed by atoms with E-state index in [2.05, 4.69) is 15.2 Å². The summed E-state index contributed by atoms with van der Waals surface area (Å²) < 4.78 is 101. The van der Waals surface area contributed by atoms with E-state index >= 15 is 0 Å². The van der Waals surface area contributed by atoms with E-state index in [0.717, 1.165) is 31.6 Å². The SMILES string of the molecule is CC(C)O.CO.Cc1cc(F)ccc1-c1cc(NCCN2CCOCC2)ncc1N(C)C(=O)C(C)(C)c1cc(C(F)(F)F)cc(C(F)(F)F)c1.